The normalized spacial score (nSPS) is 10.3. The summed E-state index contributed by atoms with van der Waals surface area (Å²) in [6, 6.07) is 18.9. The first-order valence-electron chi connectivity index (χ1n) is 7.28. The third-order valence-electron chi connectivity index (χ3n) is 3.43. The second kappa shape index (κ2) is 6.79. The SMILES string of the molecule is COc1ccc(-c2cc(CC(=O)Nc3ccccc3)[nH]n2)cc1. The number of amides is 1. The van der Waals surface area contributed by atoms with Gasteiger partial charge in [0.25, 0.3) is 0 Å². The fraction of sp³-hybridized carbons (Fsp3) is 0.111. The predicted octanol–water partition coefficient (Wildman–Crippen LogP) is 3.27. The number of ether oxygens (including phenoxy) is 1. The summed E-state index contributed by atoms with van der Waals surface area (Å²) >= 11 is 0. The van der Waals surface area contributed by atoms with E-state index < -0.39 is 0 Å². The number of methoxy groups -OCH3 is 1. The Kier molecular flexibility index (Phi) is 4.38. The van der Waals surface area contributed by atoms with E-state index in [0.29, 0.717) is 0 Å². The Labute approximate surface area is 134 Å². The molecule has 0 aliphatic heterocycles. The molecule has 0 unspecified atom stereocenters. The molecule has 1 heterocycles. The van der Waals surface area contributed by atoms with Crippen LogP contribution in [0.4, 0.5) is 5.69 Å². The number of aromatic nitrogens is 2. The Morgan fingerprint density at radius 3 is 2.57 bits per heavy atom. The number of aromatic amines is 1. The third-order valence-corrected chi connectivity index (χ3v) is 3.43. The van der Waals surface area contributed by atoms with Crippen molar-refractivity contribution in [2.45, 2.75) is 6.42 Å². The van der Waals surface area contributed by atoms with Crippen LogP contribution in [0, 0.1) is 0 Å². The molecule has 116 valence electrons. The lowest BCUT2D eigenvalue weighted by Gasteiger charge is -2.03. The van der Waals surface area contributed by atoms with Crippen LogP contribution in [0.1, 0.15) is 5.69 Å². The van der Waals surface area contributed by atoms with Gasteiger partial charge in [-0.05, 0) is 42.5 Å². The Hall–Kier alpha value is -3.08. The number of carbonyl (C=O) groups is 1. The minimum Gasteiger partial charge on any atom is -0.497 e. The van der Waals surface area contributed by atoms with E-state index in [0.717, 1.165) is 28.4 Å². The molecule has 0 aliphatic rings. The summed E-state index contributed by atoms with van der Waals surface area (Å²) in [5.74, 6) is 0.716. The quantitative estimate of drug-likeness (QED) is 0.760. The number of H-pyrrole nitrogens is 1. The molecule has 1 aromatic heterocycles. The number of nitrogens with zero attached hydrogens (tertiary/aromatic N) is 1. The van der Waals surface area contributed by atoms with Crippen molar-refractivity contribution in [1.29, 1.82) is 0 Å². The van der Waals surface area contributed by atoms with Gasteiger partial charge in [-0.25, -0.2) is 0 Å². The summed E-state index contributed by atoms with van der Waals surface area (Å²) in [4.78, 5) is 12.0. The Bertz CT molecular complexity index is 780. The number of para-hydroxylation sites is 1. The summed E-state index contributed by atoms with van der Waals surface area (Å²) in [6.07, 6.45) is 0.248. The summed E-state index contributed by atoms with van der Waals surface area (Å²) in [6.45, 7) is 0. The van der Waals surface area contributed by atoms with Crippen LogP contribution in [0.25, 0.3) is 11.3 Å². The van der Waals surface area contributed by atoms with Gasteiger partial charge in [0.2, 0.25) is 5.91 Å². The van der Waals surface area contributed by atoms with Crippen LogP contribution in [-0.2, 0) is 11.2 Å². The molecule has 0 spiro atoms. The zero-order valence-corrected chi connectivity index (χ0v) is 12.7. The zero-order chi connectivity index (χ0) is 16.1. The highest BCUT2D eigenvalue weighted by Gasteiger charge is 2.09. The second-order valence-corrected chi connectivity index (χ2v) is 5.10. The summed E-state index contributed by atoms with van der Waals surface area (Å²) < 4.78 is 5.14. The highest BCUT2D eigenvalue weighted by atomic mass is 16.5. The fourth-order valence-corrected chi connectivity index (χ4v) is 2.26. The monoisotopic (exact) mass is 307 g/mol. The van der Waals surface area contributed by atoms with Crippen molar-refractivity contribution in [3.05, 3.63) is 66.4 Å². The molecule has 2 aromatic carbocycles. The fourth-order valence-electron chi connectivity index (χ4n) is 2.26. The highest BCUT2D eigenvalue weighted by molar-refractivity contribution is 5.92. The van der Waals surface area contributed by atoms with Crippen molar-refractivity contribution >= 4 is 11.6 Å². The van der Waals surface area contributed by atoms with Crippen molar-refractivity contribution < 1.29 is 9.53 Å². The van der Waals surface area contributed by atoms with Gasteiger partial charge in [-0.15, -0.1) is 0 Å². The smallest absolute Gasteiger partial charge is 0.230 e. The Morgan fingerprint density at radius 2 is 1.87 bits per heavy atom. The number of hydrogen-bond acceptors (Lipinski definition) is 3. The van der Waals surface area contributed by atoms with E-state index in [-0.39, 0.29) is 12.3 Å². The zero-order valence-electron chi connectivity index (χ0n) is 12.7. The third kappa shape index (κ3) is 3.77. The van der Waals surface area contributed by atoms with E-state index in [9.17, 15) is 4.79 Å². The minimum atomic E-state index is -0.0823. The van der Waals surface area contributed by atoms with E-state index in [1.807, 2.05) is 60.7 Å². The molecule has 0 bridgehead atoms. The van der Waals surface area contributed by atoms with Gasteiger partial charge in [0, 0.05) is 16.9 Å². The second-order valence-electron chi connectivity index (χ2n) is 5.10. The molecular weight excluding hydrogens is 290 g/mol. The Balaban J connectivity index is 1.65. The van der Waals surface area contributed by atoms with E-state index in [4.69, 9.17) is 4.74 Å². The van der Waals surface area contributed by atoms with Crippen LogP contribution in [0.2, 0.25) is 0 Å². The molecule has 0 saturated heterocycles. The Morgan fingerprint density at radius 1 is 1.13 bits per heavy atom. The van der Waals surface area contributed by atoms with E-state index >= 15 is 0 Å². The first-order valence-corrected chi connectivity index (χ1v) is 7.28. The molecule has 5 heteroatoms. The average molecular weight is 307 g/mol. The van der Waals surface area contributed by atoms with Crippen LogP contribution in [0.3, 0.4) is 0 Å². The maximum atomic E-state index is 12.0. The number of rotatable bonds is 5. The molecular formula is C18H17N3O2. The molecule has 0 aliphatic carbocycles. The van der Waals surface area contributed by atoms with Gasteiger partial charge < -0.3 is 10.1 Å². The van der Waals surface area contributed by atoms with Gasteiger partial charge in [0.05, 0.1) is 19.2 Å². The van der Waals surface area contributed by atoms with Crippen LogP contribution >= 0.6 is 0 Å². The largest absolute Gasteiger partial charge is 0.497 e. The molecule has 23 heavy (non-hydrogen) atoms. The van der Waals surface area contributed by atoms with E-state index in [1.54, 1.807) is 7.11 Å². The maximum Gasteiger partial charge on any atom is 0.230 e. The number of anilines is 1. The lowest BCUT2D eigenvalue weighted by Crippen LogP contribution is -2.14. The summed E-state index contributed by atoms with van der Waals surface area (Å²) in [5.41, 5.74) is 3.32. The lowest BCUT2D eigenvalue weighted by molar-refractivity contribution is -0.115. The van der Waals surface area contributed by atoms with Crippen LogP contribution in [0.5, 0.6) is 5.75 Å². The molecule has 0 atom stereocenters. The summed E-state index contributed by atoms with van der Waals surface area (Å²) in [5, 5.41) is 10.0. The molecule has 0 fully saturated rings. The van der Waals surface area contributed by atoms with Crippen molar-refractivity contribution in [3.8, 4) is 17.0 Å². The van der Waals surface area contributed by atoms with Gasteiger partial charge in [0.1, 0.15) is 5.75 Å². The van der Waals surface area contributed by atoms with Gasteiger partial charge in [-0.3, -0.25) is 9.89 Å². The molecule has 5 nitrogen and oxygen atoms in total. The topological polar surface area (TPSA) is 67.0 Å². The summed E-state index contributed by atoms with van der Waals surface area (Å²) in [7, 11) is 1.63. The van der Waals surface area contributed by atoms with Gasteiger partial charge in [0.15, 0.2) is 0 Å². The van der Waals surface area contributed by atoms with Crippen LogP contribution in [0.15, 0.2) is 60.7 Å². The van der Waals surface area contributed by atoms with Crippen molar-refractivity contribution in [1.82, 2.24) is 10.2 Å². The van der Waals surface area contributed by atoms with Crippen LogP contribution in [-0.4, -0.2) is 23.2 Å². The van der Waals surface area contributed by atoms with E-state index in [1.165, 1.54) is 0 Å². The molecule has 3 rings (SSSR count). The molecule has 0 saturated carbocycles. The number of nitrogens with one attached hydrogen (secondary N) is 2. The number of carbonyl (C=O) groups excluding carboxylic acids is 1. The van der Waals surface area contributed by atoms with Crippen molar-refractivity contribution in [2.24, 2.45) is 0 Å². The first-order chi connectivity index (χ1) is 11.2. The van der Waals surface area contributed by atoms with Crippen molar-refractivity contribution in [2.75, 3.05) is 12.4 Å². The molecule has 2 N–H and O–H groups in total. The van der Waals surface area contributed by atoms with E-state index in [2.05, 4.69) is 15.5 Å². The van der Waals surface area contributed by atoms with Gasteiger partial charge in [-0.1, -0.05) is 18.2 Å². The predicted molar refractivity (Wildman–Crippen MR) is 89.4 cm³/mol. The van der Waals surface area contributed by atoms with Gasteiger partial charge >= 0.3 is 0 Å². The maximum absolute atomic E-state index is 12.0. The molecule has 1 amide bonds. The van der Waals surface area contributed by atoms with Crippen LogP contribution < -0.4 is 10.1 Å². The standard InChI is InChI=1S/C18H17N3O2/c1-23-16-9-7-13(8-10-16)17-11-15(20-21-17)12-18(22)19-14-5-3-2-4-6-14/h2-11H,12H2,1H3,(H,19,22)(H,20,21). The number of hydrogen-bond donors (Lipinski definition) is 2. The highest BCUT2D eigenvalue weighted by Crippen LogP contribution is 2.21. The molecule has 0 radical (unpaired) electrons. The van der Waals surface area contributed by atoms with Crippen molar-refractivity contribution in [3.63, 3.8) is 0 Å². The first kappa shape index (κ1) is 14.8. The number of benzene rings is 2. The average Bonchev–Trinajstić information content (AvgIpc) is 3.04. The lowest BCUT2D eigenvalue weighted by atomic mass is 10.1. The molecule has 3 aromatic rings. The van der Waals surface area contributed by atoms with Gasteiger partial charge in [-0.2, -0.15) is 5.10 Å². The minimum absolute atomic E-state index is 0.0823.